The summed E-state index contributed by atoms with van der Waals surface area (Å²) in [4.78, 5) is 27.5. The Balaban J connectivity index is 2.49. The fraction of sp³-hybridized carbons (Fsp3) is 0.391. The number of hydrogen-bond acceptors (Lipinski definition) is 5. The number of rotatable bonds is 11. The molecule has 2 rings (SSSR count). The fourth-order valence-electron chi connectivity index (χ4n) is 3.46. The van der Waals surface area contributed by atoms with E-state index in [2.05, 4.69) is 5.32 Å². The number of nitrogens with zero attached hydrogens (tertiary/aromatic N) is 2. The summed E-state index contributed by atoms with van der Waals surface area (Å²) in [5.74, 6) is -0.590. The Bertz CT molecular complexity index is 1130. The molecule has 1 N–H and O–H groups in total. The van der Waals surface area contributed by atoms with Gasteiger partial charge in [-0.15, -0.1) is 0 Å². The summed E-state index contributed by atoms with van der Waals surface area (Å²) in [5, 5.41) is 3.23. The molecule has 0 aliphatic carbocycles. The normalized spacial score (nSPS) is 12.1. The SMILES string of the molecule is CCOc1ccccc1N(CC(=O)N(Cc1ccc(Cl)c(Cl)c1)[C@@H](CC)C(=O)NC)S(C)(=O)=O. The van der Waals surface area contributed by atoms with Gasteiger partial charge in [0.2, 0.25) is 21.8 Å². The number of anilines is 1. The molecule has 0 unspecified atom stereocenters. The number of hydrogen-bond donors (Lipinski definition) is 1. The van der Waals surface area contributed by atoms with Gasteiger partial charge in [-0.2, -0.15) is 0 Å². The second kappa shape index (κ2) is 12.3. The number of sulfonamides is 1. The molecule has 0 heterocycles. The number of amides is 2. The highest BCUT2D eigenvalue weighted by Crippen LogP contribution is 2.30. The van der Waals surface area contributed by atoms with Crippen molar-refractivity contribution in [2.45, 2.75) is 32.9 Å². The lowest BCUT2D eigenvalue weighted by Crippen LogP contribution is -2.51. The molecule has 0 saturated carbocycles. The van der Waals surface area contributed by atoms with Crippen LogP contribution in [0, 0.1) is 0 Å². The third kappa shape index (κ3) is 7.01. The summed E-state index contributed by atoms with van der Waals surface area (Å²) in [6.45, 7) is 3.39. The number of likely N-dealkylation sites (N-methyl/N-ethyl adjacent to an activating group) is 1. The third-order valence-corrected chi connectivity index (χ3v) is 6.95. The molecule has 0 bridgehead atoms. The van der Waals surface area contributed by atoms with E-state index >= 15 is 0 Å². The minimum absolute atomic E-state index is 0.0341. The number of para-hydroxylation sites is 2. The summed E-state index contributed by atoms with van der Waals surface area (Å²) < 4.78 is 32.0. The van der Waals surface area contributed by atoms with E-state index in [4.69, 9.17) is 27.9 Å². The van der Waals surface area contributed by atoms with Crippen molar-refractivity contribution in [3.8, 4) is 5.75 Å². The van der Waals surface area contributed by atoms with E-state index in [9.17, 15) is 18.0 Å². The predicted octanol–water partition coefficient (Wildman–Crippen LogP) is 3.71. The molecule has 0 aliphatic rings. The van der Waals surface area contributed by atoms with Gasteiger partial charge in [0.1, 0.15) is 18.3 Å². The van der Waals surface area contributed by atoms with E-state index in [0.717, 1.165) is 10.6 Å². The molecular weight excluding hydrogens is 501 g/mol. The predicted molar refractivity (Wildman–Crippen MR) is 135 cm³/mol. The van der Waals surface area contributed by atoms with Crippen LogP contribution in [0.15, 0.2) is 42.5 Å². The van der Waals surface area contributed by atoms with Gasteiger partial charge in [-0.05, 0) is 43.2 Å². The zero-order chi connectivity index (χ0) is 25.5. The summed E-state index contributed by atoms with van der Waals surface area (Å²) in [6, 6.07) is 10.7. The number of nitrogens with one attached hydrogen (secondary N) is 1. The molecule has 11 heteroatoms. The van der Waals surface area contributed by atoms with Gasteiger partial charge in [0.05, 0.1) is 28.6 Å². The summed E-state index contributed by atoms with van der Waals surface area (Å²) >= 11 is 12.1. The highest BCUT2D eigenvalue weighted by molar-refractivity contribution is 7.92. The fourth-order valence-corrected chi connectivity index (χ4v) is 4.63. The standard InChI is InChI=1S/C23H29Cl2N3O5S/c1-5-19(23(30)26-3)27(14-16-11-12-17(24)18(25)13-16)22(29)15-28(34(4,31)32)20-9-7-8-10-21(20)33-6-2/h7-13,19H,5-6,14-15H2,1-4H3,(H,26,30)/t19-/m0/s1. The average molecular weight is 530 g/mol. The van der Waals surface area contributed by atoms with Gasteiger partial charge in [-0.1, -0.05) is 48.3 Å². The molecule has 0 radical (unpaired) electrons. The number of ether oxygens (including phenoxy) is 1. The molecule has 0 saturated heterocycles. The van der Waals surface area contributed by atoms with E-state index in [1.807, 2.05) is 0 Å². The first-order valence-electron chi connectivity index (χ1n) is 10.7. The van der Waals surface area contributed by atoms with Crippen molar-refractivity contribution < 1.29 is 22.7 Å². The topological polar surface area (TPSA) is 96.0 Å². The smallest absolute Gasteiger partial charge is 0.244 e. The van der Waals surface area contributed by atoms with Crippen molar-refractivity contribution in [2.75, 3.05) is 30.8 Å². The molecule has 0 aromatic heterocycles. The number of halogens is 2. The maximum Gasteiger partial charge on any atom is 0.244 e. The van der Waals surface area contributed by atoms with Crippen molar-refractivity contribution in [1.82, 2.24) is 10.2 Å². The first kappa shape index (κ1) is 27.8. The van der Waals surface area contributed by atoms with Crippen LogP contribution < -0.4 is 14.4 Å². The van der Waals surface area contributed by atoms with E-state index in [-0.39, 0.29) is 18.1 Å². The van der Waals surface area contributed by atoms with Crippen LogP contribution >= 0.6 is 23.2 Å². The molecule has 2 amide bonds. The van der Waals surface area contributed by atoms with Crippen molar-refractivity contribution >= 4 is 50.7 Å². The van der Waals surface area contributed by atoms with Gasteiger partial charge in [0.15, 0.2) is 0 Å². The Morgan fingerprint density at radius 2 is 1.76 bits per heavy atom. The van der Waals surface area contributed by atoms with Crippen LogP contribution in [0.3, 0.4) is 0 Å². The Morgan fingerprint density at radius 1 is 1.09 bits per heavy atom. The summed E-state index contributed by atoms with van der Waals surface area (Å²) in [6.07, 6.45) is 1.34. The molecule has 0 aliphatic heterocycles. The first-order chi connectivity index (χ1) is 16.0. The van der Waals surface area contributed by atoms with Crippen LogP contribution in [0.4, 0.5) is 5.69 Å². The van der Waals surface area contributed by atoms with Gasteiger partial charge in [0, 0.05) is 13.6 Å². The van der Waals surface area contributed by atoms with Crippen LogP contribution in [0.1, 0.15) is 25.8 Å². The second-order valence-electron chi connectivity index (χ2n) is 7.48. The van der Waals surface area contributed by atoms with Crippen molar-refractivity contribution in [1.29, 1.82) is 0 Å². The van der Waals surface area contributed by atoms with Crippen LogP contribution in [0.25, 0.3) is 0 Å². The molecule has 0 spiro atoms. The van der Waals surface area contributed by atoms with Crippen molar-refractivity contribution in [3.05, 3.63) is 58.1 Å². The number of carbonyl (C=O) groups excluding carboxylic acids is 2. The van der Waals surface area contributed by atoms with Gasteiger partial charge in [0.25, 0.3) is 0 Å². The van der Waals surface area contributed by atoms with E-state index < -0.39 is 28.5 Å². The van der Waals surface area contributed by atoms with Gasteiger partial charge in [-0.3, -0.25) is 13.9 Å². The van der Waals surface area contributed by atoms with Crippen LogP contribution in [-0.4, -0.2) is 57.6 Å². The second-order valence-corrected chi connectivity index (χ2v) is 10.2. The van der Waals surface area contributed by atoms with Gasteiger partial charge >= 0.3 is 0 Å². The average Bonchev–Trinajstić information content (AvgIpc) is 2.79. The highest BCUT2D eigenvalue weighted by Gasteiger charge is 2.32. The Morgan fingerprint density at radius 3 is 2.32 bits per heavy atom. The maximum atomic E-state index is 13.6. The van der Waals surface area contributed by atoms with Crippen LogP contribution in [0.2, 0.25) is 10.0 Å². The lowest BCUT2D eigenvalue weighted by Gasteiger charge is -2.33. The van der Waals surface area contributed by atoms with Gasteiger partial charge in [-0.25, -0.2) is 8.42 Å². The molecule has 2 aromatic rings. The first-order valence-corrected chi connectivity index (χ1v) is 13.3. The van der Waals surface area contributed by atoms with Gasteiger partial charge < -0.3 is 15.0 Å². The van der Waals surface area contributed by atoms with Crippen LogP contribution in [-0.2, 0) is 26.2 Å². The zero-order valence-electron chi connectivity index (χ0n) is 19.5. The Labute approximate surface area is 210 Å². The number of benzene rings is 2. The lowest BCUT2D eigenvalue weighted by molar-refractivity contribution is -0.140. The summed E-state index contributed by atoms with van der Waals surface area (Å²) in [7, 11) is -2.38. The van der Waals surface area contributed by atoms with E-state index in [0.29, 0.717) is 34.4 Å². The molecule has 1 atom stereocenters. The van der Waals surface area contributed by atoms with E-state index in [1.54, 1.807) is 56.3 Å². The molecular formula is C23H29Cl2N3O5S. The monoisotopic (exact) mass is 529 g/mol. The Hall–Kier alpha value is -2.49. The van der Waals surface area contributed by atoms with Crippen molar-refractivity contribution in [2.24, 2.45) is 0 Å². The summed E-state index contributed by atoms with van der Waals surface area (Å²) in [5.41, 5.74) is 0.883. The molecule has 0 fully saturated rings. The number of carbonyl (C=O) groups is 2. The molecule has 2 aromatic carbocycles. The molecule has 186 valence electrons. The third-order valence-electron chi connectivity index (χ3n) is 5.08. The van der Waals surface area contributed by atoms with E-state index in [1.165, 1.54) is 11.9 Å². The largest absolute Gasteiger partial charge is 0.492 e. The van der Waals surface area contributed by atoms with Crippen molar-refractivity contribution in [3.63, 3.8) is 0 Å². The minimum atomic E-state index is -3.86. The Kier molecular flexibility index (Phi) is 10.0. The molecule has 8 nitrogen and oxygen atoms in total. The maximum absolute atomic E-state index is 13.6. The zero-order valence-corrected chi connectivity index (χ0v) is 21.9. The highest BCUT2D eigenvalue weighted by atomic mass is 35.5. The molecule has 34 heavy (non-hydrogen) atoms. The quantitative estimate of drug-likeness (QED) is 0.478. The minimum Gasteiger partial charge on any atom is -0.492 e. The van der Waals surface area contributed by atoms with Crippen LogP contribution in [0.5, 0.6) is 5.75 Å². The lowest BCUT2D eigenvalue weighted by atomic mass is 10.1.